The van der Waals surface area contributed by atoms with Gasteiger partial charge in [-0.1, -0.05) is 25.5 Å². The predicted molar refractivity (Wildman–Crippen MR) is 77.2 cm³/mol. The monoisotopic (exact) mass is 259 g/mol. The highest BCUT2D eigenvalue weighted by Gasteiger charge is 2.45. The number of hydrogen-bond acceptors (Lipinski definition) is 2. The summed E-state index contributed by atoms with van der Waals surface area (Å²) in [6.45, 7) is 2.24. The maximum Gasteiger partial charge on any atom is 0.139 e. The Morgan fingerprint density at radius 1 is 1.21 bits per heavy atom. The van der Waals surface area contributed by atoms with Crippen molar-refractivity contribution in [1.82, 2.24) is 0 Å². The Bertz CT molecular complexity index is 400. The highest BCUT2D eigenvalue weighted by atomic mass is 16.1. The largest absolute Gasteiger partial charge is 0.313 e. The van der Waals surface area contributed by atoms with Gasteiger partial charge in [0.15, 0.2) is 0 Å². The van der Waals surface area contributed by atoms with Crippen molar-refractivity contribution in [3.8, 4) is 0 Å². The SMILES string of the molecule is CCC1CC(CC=N)C(C(=O)C2CC3C=CC2C3)C1. The predicted octanol–water partition coefficient (Wildman–Crippen LogP) is 3.86. The maximum absolute atomic E-state index is 12.9. The number of carbonyl (C=O) groups is 1. The van der Waals surface area contributed by atoms with Crippen LogP contribution < -0.4 is 0 Å². The van der Waals surface area contributed by atoms with Gasteiger partial charge in [-0.3, -0.25) is 4.79 Å². The smallest absolute Gasteiger partial charge is 0.139 e. The zero-order valence-electron chi connectivity index (χ0n) is 11.8. The summed E-state index contributed by atoms with van der Waals surface area (Å²) in [5.74, 6) is 3.50. The highest BCUT2D eigenvalue weighted by Crippen LogP contribution is 2.48. The third-order valence-corrected chi connectivity index (χ3v) is 5.80. The minimum Gasteiger partial charge on any atom is -0.313 e. The summed E-state index contributed by atoms with van der Waals surface area (Å²) in [5, 5.41) is 7.37. The van der Waals surface area contributed by atoms with Crippen LogP contribution in [0.25, 0.3) is 0 Å². The summed E-state index contributed by atoms with van der Waals surface area (Å²) < 4.78 is 0. The van der Waals surface area contributed by atoms with E-state index in [-0.39, 0.29) is 5.92 Å². The molecule has 2 saturated carbocycles. The van der Waals surface area contributed by atoms with Crippen LogP contribution in [0.3, 0.4) is 0 Å². The van der Waals surface area contributed by atoms with Crippen molar-refractivity contribution in [3.05, 3.63) is 12.2 Å². The molecular weight excluding hydrogens is 234 g/mol. The van der Waals surface area contributed by atoms with Gasteiger partial charge in [0, 0.05) is 11.8 Å². The summed E-state index contributed by atoms with van der Waals surface area (Å²) in [4.78, 5) is 12.9. The topological polar surface area (TPSA) is 40.9 Å². The molecule has 0 spiro atoms. The van der Waals surface area contributed by atoms with Gasteiger partial charge in [0.05, 0.1) is 0 Å². The number of ketones is 1. The Kier molecular flexibility index (Phi) is 3.60. The number of carbonyl (C=O) groups excluding carboxylic acids is 1. The van der Waals surface area contributed by atoms with Crippen LogP contribution >= 0.6 is 0 Å². The zero-order chi connectivity index (χ0) is 13.4. The van der Waals surface area contributed by atoms with Crippen LogP contribution in [-0.4, -0.2) is 12.0 Å². The van der Waals surface area contributed by atoms with Crippen molar-refractivity contribution < 1.29 is 4.79 Å². The highest BCUT2D eigenvalue weighted by molar-refractivity contribution is 5.85. The third kappa shape index (κ3) is 2.30. The summed E-state index contributed by atoms with van der Waals surface area (Å²) in [7, 11) is 0. The van der Waals surface area contributed by atoms with Gasteiger partial charge < -0.3 is 5.41 Å². The van der Waals surface area contributed by atoms with Crippen LogP contribution in [0.15, 0.2) is 12.2 Å². The first-order chi connectivity index (χ1) is 9.22. The molecule has 0 aliphatic heterocycles. The van der Waals surface area contributed by atoms with Gasteiger partial charge in [-0.2, -0.15) is 0 Å². The molecule has 2 nitrogen and oxygen atoms in total. The molecule has 6 unspecified atom stereocenters. The van der Waals surface area contributed by atoms with Crippen LogP contribution in [-0.2, 0) is 4.79 Å². The van der Waals surface area contributed by atoms with Crippen LogP contribution in [0.1, 0.15) is 45.4 Å². The Balaban J connectivity index is 1.71. The molecule has 0 saturated heterocycles. The fraction of sp³-hybridized carbons (Fsp3) is 0.765. The first-order valence-electron chi connectivity index (χ1n) is 7.93. The molecule has 19 heavy (non-hydrogen) atoms. The average Bonchev–Trinajstić information content (AvgIpc) is 3.12. The average molecular weight is 259 g/mol. The number of rotatable bonds is 5. The maximum atomic E-state index is 12.9. The molecule has 2 heteroatoms. The molecule has 6 atom stereocenters. The summed E-state index contributed by atoms with van der Waals surface area (Å²) in [6.07, 6.45) is 12.7. The Hall–Kier alpha value is -0.920. The van der Waals surface area contributed by atoms with Gasteiger partial charge in [0.2, 0.25) is 0 Å². The normalized spacial score (nSPS) is 43.8. The standard InChI is InChI=1S/C17H25NO/c1-2-11-7-14(5-6-18)15(9-11)17(19)16-10-12-3-4-13(16)8-12/h3-4,6,11-16,18H,2,5,7-10H2,1H3. The second kappa shape index (κ2) is 5.22. The molecule has 0 aromatic heterocycles. The fourth-order valence-electron chi connectivity index (χ4n) is 4.72. The van der Waals surface area contributed by atoms with Crippen molar-refractivity contribution in [1.29, 1.82) is 5.41 Å². The molecule has 0 amide bonds. The van der Waals surface area contributed by atoms with Gasteiger partial charge in [-0.05, 0) is 62.0 Å². The number of Topliss-reactive ketones (excluding diaryl/α,β-unsaturated/α-hetero) is 1. The first-order valence-corrected chi connectivity index (χ1v) is 7.93. The minimum absolute atomic E-state index is 0.254. The Labute approximate surface area is 116 Å². The van der Waals surface area contributed by atoms with E-state index in [4.69, 9.17) is 5.41 Å². The van der Waals surface area contributed by atoms with Crippen molar-refractivity contribution in [2.45, 2.75) is 45.4 Å². The van der Waals surface area contributed by atoms with E-state index in [2.05, 4.69) is 19.1 Å². The third-order valence-electron chi connectivity index (χ3n) is 5.80. The van der Waals surface area contributed by atoms with Crippen LogP contribution in [0.5, 0.6) is 0 Å². The molecule has 0 radical (unpaired) electrons. The van der Waals surface area contributed by atoms with E-state index in [1.165, 1.54) is 25.5 Å². The molecule has 0 heterocycles. The summed E-state index contributed by atoms with van der Waals surface area (Å²) >= 11 is 0. The van der Waals surface area contributed by atoms with Gasteiger partial charge in [0.1, 0.15) is 5.78 Å². The number of nitrogens with one attached hydrogen (secondary N) is 1. The lowest BCUT2D eigenvalue weighted by Gasteiger charge is -2.24. The Morgan fingerprint density at radius 3 is 2.63 bits per heavy atom. The summed E-state index contributed by atoms with van der Waals surface area (Å²) in [5.41, 5.74) is 0. The molecule has 1 N–H and O–H groups in total. The van der Waals surface area contributed by atoms with Crippen LogP contribution in [0.4, 0.5) is 0 Å². The number of fused-ring (bicyclic) bond motifs is 2. The lowest BCUT2D eigenvalue weighted by molar-refractivity contribution is -0.128. The van der Waals surface area contributed by atoms with Crippen LogP contribution in [0.2, 0.25) is 0 Å². The van der Waals surface area contributed by atoms with Crippen LogP contribution in [0, 0.1) is 40.9 Å². The molecule has 2 bridgehead atoms. The lowest BCUT2D eigenvalue weighted by atomic mass is 9.79. The minimum atomic E-state index is 0.254. The van der Waals surface area contributed by atoms with Crippen molar-refractivity contribution >= 4 is 12.0 Å². The number of hydrogen-bond donors (Lipinski definition) is 1. The van der Waals surface area contributed by atoms with E-state index >= 15 is 0 Å². The van der Waals surface area contributed by atoms with Crippen molar-refractivity contribution in [3.63, 3.8) is 0 Å². The van der Waals surface area contributed by atoms with Gasteiger partial charge in [-0.15, -0.1) is 0 Å². The van der Waals surface area contributed by atoms with Gasteiger partial charge in [-0.25, -0.2) is 0 Å². The molecule has 2 fully saturated rings. The number of allylic oxidation sites excluding steroid dienone is 2. The second-order valence-electron chi connectivity index (χ2n) is 6.84. The van der Waals surface area contributed by atoms with E-state index in [0.717, 1.165) is 19.3 Å². The van der Waals surface area contributed by atoms with Gasteiger partial charge in [0.25, 0.3) is 0 Å². The quantitative estimate of drug-likeness (QED) is 0.591. The molecule has 3 aliphatic rings. The summed E-state index contributed by atoms with van der Waals surface area (Å²) in [6, 6.07) is 0. The molecule has 0 aromatic carbocycles. The molecule has 0 aromatic rings. The molecule has 3 aliphatic carbocycles. The van der Waals surface area contributed by atoms with Crippen molar-refractivity contribution in [2.75, 3.05) is 0 Å². The van der Waals surface area contributed by atoms with E-state index in [9.17, 15) is 4.79 Å². The van der Waals surface area contributed by atoms with E-state index in [1.54, 1.807) is 0 Å². The lowest BCUT2D eigenvalue weighted by Crippen LogP contribution is -2.29. The molecule has 104 valence electrons. The van der Waals surface area contributed by atoms with E-state index < -0.39 is 0 Å². The molecular formula is C17H25NO. The van der Waals surface area contributed by atoms with Crippen molar-refractivity contribution in [2.24, 2.45) is 35.5 Å². The zero-order valence-corrected chi connectivity index (χ0v) is 11.8. The van der Waals surface area contributed by atoms with E-state index in [1.807, 2.05) is 0 Å². The van der Waals surface area contributed by atoms with E-state index in [0.29, 0.717) is 35.4 Å². The first kappa shape index (κ1) is 13.1. The molecule has 3 rings (SSSR count). The fourth-order valence-corrected chi connectivity index (χ4v) is 4.72. The van der Waals surface area contributed by atoms with Gasteiger partial charge >= 0.3 is 0 Å². The Morgan fingerprint density at radius 2 is 2.05 bits per heavy atom. The second-order valence-corrected chi connectivity index (χ2v) is 6.84.